The SMILES string of the molecule is O=C/C(=C\O)c1cnc2c3ncn([C@@H]4O[C@H](CO)[C@@H](O)[C@H]4O)c3ncn12. The van der Waals surface area contributed by atoms with Gasteiger partial charge in [0.05, 0.1) is 36.7 Å². The molecule has 1 aliphatic rings. The average molecular weight is 361 g/mol. The van der Waals surface area contributed by atoms with Gasteiger partial charge >= 0.3 is 0 Å². The lowest BCUT2D eigenvalue weighted by molar-refractivity contribution is -0.103. The summed E-state index contributed by atoms with van der Waals surface area (Å²) in [6.45, 7) is -0.440. The van der Waals surface area contributed by atoms with Gasteiger partial charge in [-0.1, -0.05) is 0 Å². The van der Waals surface area contributed by atoms with Crippen LogP contribution in [0.5, 0.6) is 0 Å². The van der Waals surface area contributed by atoms with Gasteiger partial charge < -0.3 is 25.2 Å². The van der Waals surface area contributed by atoms with Gasteiger partial charge in [0.2, 0.25) is 0 Å². The summed E-state index contributed by atoms with van der Waals surface area (Å²) < 4.78 is 8.43. The van der Waals surface area contributed by atoms with E-state index in [1.807, 2.05) is 0 Å². The number of ether oxygens (including phenoxy) is 1. The Morgan fingerprint density at radius 1 is 1.19 bits per heavy atom. The minimum absolute atomic E-state index is 0.0292. The number of rotatable bonds is 4. The van der Waals surface area contributed by atoms with E-state index in [0.29, 0.717) is 35.1 Å². The van der Waals surface area contributed by atoms with Gasteiger partial charge in [-0.15, -0.1) is 0 Å². The fourth-order valence-corrected chi connectivity index (χ4v) is 3.07. The van der Waals surface area contributed by atoms with Gasteiger partial charge in [0.1, 0.15) is 24.6 Å². The van der Waals surface area contributed by atoms with E-state index in [1.165, 1.54) is 27.8 Å². The van der Waals surface area contributed by atoms with Crippen molar-refractivity contribution in [1.82, 2.24) is 23.9 Å². The van der Waals surface area contributed by atoms with Gasteiger partial charge in [-0.3, -0.25) is 13.8 Å². The van der Waals surface area contributed by atoms with Crippen LogP contribution in [0, 0.1) is 0 Å². The summed E-state index contributed by atoms with van der Waals surface area (Å²) in [4.78, 5) is 23.8. The van der Waals surface area contributed by atoms with E-state index in [4.69, 9.17) is 9.84 Å². The number of aldehydes is 1. The second-order valence-corrected chi connectivity index (χ2v) is 5.84. The predicted molar refractivity (Wildman–Crippen MR) is 86.0 cm³/mol. The second-order valence-electron chi connectivity index (χ2n) is 5.84. The molecule has 1 aliphatic heterocycles. The van der Waals surface area contributed by atoms with Crippen molar-refractivity contribution in [3.63, 3.8) is 0 Å². The highest BCUT2D eigenvalue weighted by atomic mass is 16.6. The van der Waals surface area contributed by atoms with E-state index in [2.05, 4.69) is 15.0 Å². The lowest BCUT2D eigenvalue weighted by atomic mass is 10.1. The topological polar surface area (TPSA) is 155 Å². The van der Waals surface area contributed by atoms with Crippen LogP contribution in [0.2, 0.25) is 0 Å². The molecule has 26 heavy (non-hydrogen) atoms. The van der Waals surface area contributed by atoms with Crippen LogP contribution in [0.1, 0.15) is 11.9 Å². The summed E-state index contributed by atoms with van der Waals surface area (Å²) in [5.74, 6) is 0. The molecule has 3 aromatic rings. The van der Waals surface area contributed by atoms with Crippen molar-refractivity contribution >= 4 is 28.7 Å². The molecule has 11 nitrogen and oxygen atoms in total. The first-order chi connectivity index (χ1) is 12.6. The second kappa shape index (κ2) is 6.14. The van der Waals surface area contributed by atoms with Crippen LogP contribution in [-0.2, 0) is 9.53 Å². The number of imidazole rings is 2. The van der Waals surface area contributed by atoms with Crippen molar-refractivity contribution in [2.75, 3.05) is 6.61 Å². The Hall–Kier alpha value is -2.86. The van der Waals surface area contributed by atoms with E-state index in [0.717, 1.165) is 0 Å². The predicted octanol–water partition coefficient (Wildman–Crippen LogP) is -1.21. The maximum Gasteiger partial charge on any atom is 0.168 e. The molecule has 4 N–H and O–H groups in total. The molecular formula is C15H15N5O6. The lowest BCUT2D eigenvalue weighted by Gasteiger charge is -2.16. The van der Waals surface area contributed by atoms with E-state index in [-0.39, 0.29) is 5.57 Å². The zero-order valence-electron chi connectivity index (χ0n) is 13.2. The Balaban J connectivity index is 1.83. The van der Waals surface area contributed by atoms with Crippen molar-refractivity contribution < 1.29 is 30.0 Å². The maximum absolute atomic E-state index is 11.0. The summed E-state index contributed by atoms with van der Waals surface area (Å²) >= 11 is 0. The Morgan fingerprint density at radius 2 is 2.00 bits per heavy atom. The van der Waals surface area contributed by atoms with Gasteiger partial charge in [0.15, 0.2) is 29.3 Å². The third kappa shape index (κ3) is 2.22. The number of nitrogens with zero attached hydrogens (tertiary/aromatic N) is 5. The number of carbonyl (C=O) groups excluding carboxylic acids is 1. The van der Waals surface area contributed by atoms with Crippen molar-refractivity contribution in [2.24, 2.45) is 0 Å². The summed E-state index contributed by atoms with van der Waals surface area (Å²) in [5, 5.41) is 38.5. The standard InChI is InChI=1S/C15H15N5O6/c21-2-7(3-22)8-1-16-13-10-14(18-6-19(8)13)20(5-17-10)15-12(25)11(24)9(4-23)26-15/h1-3,5-6,9,11-12,15,21,23-25H,4H2/b7-2+/t9-,11-,12-,15-/m1/s1. The highest BCUT2D eigenvalue weighted by Crippen LogP contribution is 2.32. The molecule has 4 rings (SSSR count). The molecule has 0 aromatic carbocycles. The van der Waals surface area contributed by atoms with Crippen LogP contribution in [0.3, 0.4) is 0 Å². The molecule has 4 atom stereocenters. The van der Waals surface area contributed by atoms with Crippen molar-refractivity contribution in [1.29, 1.82) is 0 Å². The summed E-state index contributed by atoms with van der Waals surface area (Å²) in [5.41, 5.74) is 1.47. The summed E-state index contributed by atoms with van der Waals surface area (Å²) in [7, 11) is 0. The largest absolute Gasteiger partial charge is 0.515 e. The molecule has 1 saturated heterocycles. The molecule has 0 radical (unpaired) electrons. The van der Waals surface area contributed by atoms with E-state index < -0.39 is 31.1 Å². The fourth-order valence-electron chi connectivity index (χ4n) is 3.07. The van der Waals surface area contributed by atoms with Crippen LogP contribution in [-0.4, -0.2) is 75.6 Å². The van der Waals surface area contributed by atoms with E-state index in [1.54, 1.807) is 0 Å². The zero-order chi connectivity index (χ0) is 18.4. The van der Waals surface area contributed by atoms with Gasteiger partial charge in [-0.25, -0.2) is 15.0 Å². The molecule has 1 fully saturated rings. The quantitative estimate of drug-likeness (QED) is 0.254. The van der Waals surface area contributed by atoms with Crippen LogP contribution < -0.4 is 0 Å². The average Bonchev–Trinajstić information content (AvgIpc) is 3.33. The monoisotopic (exact) mass is 361 g/mol. The lowest BCUT2D eigenvalue weighted by Crippen LogP contribution is -2.33. The zero-order valence-corrected chi connectivity index (χ0v) is 13.2. The third-order valence-corrected chi connectivity index (χ3v) is 4.42. The number of aromatic nitrogens is 5. The molecule has 3 aromatic heterocycles. The van der Waals surface area contributed by atoms with Crippen molar-refractivity contribution in [3.8, 4) is 0 Å². The smallest absolute Gasteiger partial charge is 0.168 e. The molecule has 0 saturated carbocycles. The minimum atomic E-state index is -1.27. The number of fused-ring (bicyclic) bond motifs is 3. The first-order valence-electron chi connectivity index (χ1n) is 7.71. The van der Waals surface area contributed by atoms with Crippen molar-refractivity contribution in [3.05, 3.63) is 30.8 Å². The summed E-state index contributed by atoms with van der Waals surface area (Å²) in [6.07, 6.45) is 0.952. The van der Waals surface area contributed by atoms with Gasteiger partial charge in [-0.2, -0.15) is 0 Å². The Kier molecular flexibility index (Phi) is 3.92. The number of hydrogen-bond donors (Lipinski definition) is 4. The highest BCUT2D eigenvalue weighted by Gasteiger charge is 2.44. The maximum atomic E-state index is 11.0. The Morgan fingerprint density at radius 3 is 2.65 bits per heavy atom. The molecular weight excluding hydrogens is 346 g/mol. The number of carbonyl (C=O) groups is 1. The first-order valence-corrected chi connectivity index (χ1v) is 7.71. The molecule has 0 aliphatic carbocycles. The number of aliphatic hydroxyl groups is 4. The molecule has 136 valence electrons. The van der Waals surface area contributed by atoms with E-state index in [9.17, 15) is 20.1 Å². The first kappa shape index (κ1) is 16.6. The molecule has 0 bridgehead atoms. The van der Waals surface area contributed by atoms with Crippen LogP contribution in [0.25, 0.3) is 22.4 Å². The number of allylic oxidation sites excluding steroid dienone is 1. The van der Waals surface area contributed by atoms with Crippen LogP contribution in [0.4, 0.5) is 0 Å². The van der Waals surface area contributed by atoms with Gasteiger partial charge in [-0.05, 0) is 0 Å². The van der Waals surface area contributed by atoms with Gasteiger partial charge in [0, 0.05) is 0 Å². The highest BCUT2D eigenvalue weighted by molar-refractivity contribution is 6.06. The Labute approximate surface area is 145 Å². The third-order valence-electron chi connectivity index (χ3n) is 4.42. The minimum Gasteiger partial charge on any atom is -0.515 e. The molecule has 11 heteroatoms. The number of aliphatic hydroxyl groups excluding tert-OH is 4. The van der Waals surface area contributed by atoms with Gasteiger partial charge in [0.25, 0.3) is 0 Å². The number of hydrogen-bond acceptors (Lipinski definition) is 9. The molecule has 0 amide bonds. The molecule has 0 unspecified atom stereocenters. The Bertz CT molecular complexity index is 1010. The van der Waals surface area contributed by atoms with Crippen LogP contribution >= 0.6 is 0 Å². The van der Waals surface area contributed by atoms with Crippen LogP contribution in [0.15, 0.2) is 25.1 Å². The normalized spacial score (nSPS) is 26.8. The van der Waals surface area contributed by atoms with E-state index >= 15 is 0 Å². The molecule has 0 spiro atoms. The van der Waals surface area contributed by atoms with Crippen molar-refractivity contribution in [2.45, 2.75) is 24.5 Å². The summed E-state index contributed by atoms with van der Waals surface area (Å²) in [6, 6.07) is 0. The fraction of sp³-hybridized carbons (Fsp3) is 0.333. The molecule has 4 heterocycles.